The number of hydrogen-bond donors (Lipinski definition) is 1. The number of carbonyl (C=O) groups excluding carboxylic acids is 2. The van der Waals surface area contributed by atoms with Gasteiger partial charge in [0.1, 0.15) is 0 Å². The molecule has 0 unspecified atom stereocenters. The second-order valence-electron chi connectivity index (χ2n) is 8.47. The lowest BCUT2D eigenvalue weighted by molar-refractivity contribution is -0.140. The van der Waals surface area contributed by atoms with E-state index in [4.69, 9.17) is 0 Å². The van der Waals surface area contributed by atoms with Crippen LogP contribution in [0.15, 0.2) is 0 Å². The predicted octanol–water partition coefficient (Wildman–Crippen LogP) is 2.94. The number of nitrogens with zero attached hydrogens (tertiary/aromatic N) is 2. The standard InChI is InChI=1S/C21H37N3O2/c25-20-12-11-18(17-24(20)19-9-3-4-10-19)21(26)22-13-5-8-16-23-14-6-1-2-7-15-23/h18-19H,1-17H2,(H,22,26)/t18-/m1/s1. The molecule has 2 saturated heterocycles. The first-order valence-corrected chi connectivity index (χ1v) is 11.0. The van der Waals surface area contributed by atoms with Gasteiger partial charge >= 0.3 is 0 Å². The summed E-state index contributed by atoms with van der Waals surface area (Å²) in [7, 11) is 0. The zero-order chi connectivity index (χ0) is 18.2. The summed E-state index contributed by atoms with van der Waals surface area (Å²) < 4.78 is 0. The van der Waals surface area contributed by atoms with Crippen LogP contribution in [-0.2, 0) is 9.59 Å². The average molecular weight is 364 g/mol. The summed E-state index contributed by atoms with van der Waals surface area (Å²) in [5, 5.41) is 3.13. The molecule has 0 aromatic carbocycles. The molecule has 5 nitrogen and oxygen atoms in total. The van der Waals surface area contributed by atoms with Crippen LogP contribution in [0.4, 0.5) is 0 Å². The number of carbonyl (C=O) groups is 2. The Balaban J connectivity index is 1.32. The van der Waals surface area contributed by atoms with Gasteiger partial charge in [-0.15, -0.1) is 0 Å². The Labute approximate surface area is 158 Å². The quantitative estimate of drug-likeness (QED) is 0.708. The third kappa shape index (κ3) is 5.70. The number of likely N-dealkylation sites (tertiary alicyclic amines) is 2. The minimum absolute atomic E-state index is 0.00101. The molecule has 2 amide bonds. The van der Waals surface area contributed by atoms with Crippen molar-refractivity contribution in [2.24, 2.45) is 5.92 Å². The molecule has 2 heterocycles. The van der Waals surface area contributed by atoms with Crippen LogP contribution in [0.5, 0.6) is 0 Å². The maximum absolute atomic E-state index is 12.5. The van der Waals surface area contributed by atoms with Gasteiger partial charge < -0.3 is 15.1 Å². The smallest absolute Gasteiger partial charge is 0.224 e. The number of unbranched alkanes of at least 4 members (excludes halogenated alkanes) is 1. The fraction of sp³-hybridized carbons (Fsp3) is 0.905. The average Bonchev–Trinajstić information content (AvgIpc) is 3.06. The second-order valence-corrected chi connectivity index (χ2v) is 8.47. The molecule has 1 N–H and O–H groups in total. The van der Waals surface area contributed by atoms with Gasteiger partial charge in [-0.2, -0.15) is 0 Å². The molecule has 5 heteroatoms. The number of rotatable bonds is 7. The Morgan fingerprint density at radius 3 is 2.42 bits per heavy atom. The summed E-state index contributed by atoms with van der Waals surface area (Å²) in [6.45, 7) is 5.09. The van der Waals surface area contributed by atoms with Crippen molar-refractivity contribution in [3.63, 3.8) is 0 Å². The molecule has 0 bridgehead atoms. The van der Waals surface area contributed by atoms with Gasteiger partial charge in [0.15, 0.2) is 0 Å². The van der Waals surface area contributed by atoms with Crippen molar-refractivity contribution in [2.75, 3.05) is 32.7 Å². The van der Waals surface area contributed by atoms with E-state index in [1.54, 1.807) is 0 Å². The number of piperidine rings is 1. The zero-order valence-corrected chi connectivity index (χ0v) is 16.4. The van der Waals surface area contributed by atoms with E-state index in [0.29, 0.717) is 19.0 Å². The maximum Gasteiger partial charge on any atom is 0.224 e. The Morgan fingerprint density at radius 2 is 1.69 bits per heavy atom. The van der Waals surface area contributed by atoms with E-state index >= 15 is 0 Å². The number of nitrogens with one attached hydrogen (secondary N) is 1. The number of amides is 2. The second kappa shape index (κ2) is 10.3. The van der Waals surface area contributed by atoms with Gasteiger partial charge in [0.25, 0.3) is 0 Å². The fourth-order valence-corrected chi connectivity index (χ4v) is 4.83. The van der Waals surface area contributed by atoms with Crippen molar-refractivity contribution in [3.05, 3.63) is 0 Å². The van der Waals surface area contributed by atoms with Gasteiger partial charge in [0, 0.05) is 25.6 Å². The number of hydrogen-bond acceptors (Lipinski definition) is 3. The molecule has 2 aliphatic heterocycles. The minimum atomic E-state index is -0.00101. The van der Waals surface area contributed by atoms with Crippen LogP contribution in [0.2, 0.25) is 0 Å². The molecule has 148 valence electrons. The highest BCUT2D eigenvalue weighted by molar-refractivity contribution is 5.84. The van der Waals surface area contributed by atoms with E-state index in [0.717, 1.165) is 38.6 Å². The first-order valence-electron chi connectivity index (χ1n) is 11.0. The van der Waals surface area contributed by atoms with Crippen molar-refractivity contribution >= 4 is 11.8 Å². The van der Waals surface area contributed by atoms with E-state index in [1.807, 2.05) is 4.90 Å². The van der Waals surface area contributed by atoms with E-state index in [1.165, 1.54) is 58.2 Å². The molecule has 3 aliphatic rings. The summed E-state index contributed by atoms with van der Waals surface area (Å²) >= 11 is 0. The largest absolute Gasteiger partial charge is 0.356 e. The van der Waals surface area contributed by atoms with E-state index in [-0.39, 0.29) is 17.7 Å². The van der Waals surface area contributed by atoms with Gasteiger partial charge in [0.05, 0.1) is 5.92 Å². The molecule has 1 aliphatic carbocycles. The molecule has 1 atom stereocenters. The van der Waals surface area contributed by atoms with Crippen LogP contribution in [0.3, 0.4) is 0 Å². The summed E-state index contributed by atoms with van der Waals surface area (Å²) in [4.78, 5) is 29.3. The Hall–Kier alpha value is -1.10. The molecule has 0 aromatic heterocycles. The van der Waals surface area contributed by atoms with Gasteiger partial charge in [0.2, 0.25) is 11.8 Å². The van der Waals surface area contributed by atoms with E-state index in [2.05, 4.69) is 10.2 Å². The van der Waals surface area contributed by atoms with Crippen LogP contribution < -0.4 is 5.32 Å². The third-order valence-electron chi connectivity index (χ3n) is 6.48. The normalized spacial score (nSPS) is 26.1. The van der Waals surface area contributed by atoms with Gasteiger partial charge in [-0.3, -0.25) is 9.59 Å². The molecule has 0 radical (unpaired) electrons. The van der Waals surface area contributed by atoms with Crippen molar-refractivity contribution in [2.45, 2.75) is 83.1 Å². The zero-order valence-electron chi connectivity index (χ0n) is 16.4. The molecule has 3 fully saturated rings. The van der Waals surface area contributed by atoms with Crippen LogP contribution in [-0.4, -0.2) is 60.4 Å². The van der Waals surface area contributed by atoms with Gasteiger partial charge in [-0.25, -0.2) is 0 Å². The van der Waals surface area contributed by atoms with Crippen LogP contribution in [0.25, 0.3) is 0 Å². The van der Waals surface area contributed by atoms with Crippen LogP contribution in [0.1, 0.15) is 77.0 Å². The molecule has 0 aromatic rings. The highest BCUT2D eigenvalue weighted by atomic mass is 16.2. The monoisotopic (exact) mass is 363 g/mol. The van der Waals surface area contributed by atoms with Crippen LogP contribution >= 0.6 is 0 Å². The van der Waals surface area contributed by atoms with E-state index in [9.17, 15) is 9.59 Å². The van der Waals surface area contributed by atoms with Gasteiger partial charge in [-0.1, -0.05) is 25.7 Å². The molecular weight excluding hydrogens is 326 g/mol. The summed E-state index contributed by atoms with van der Waals surface area (Å²) in [5.74, 6) is 0.424. The highest BCUT2D eigenvalue weighted by Crippen LogP contribution is 2.28. The molecule has 3 rings (SSSR count). The lowest BCUT2D eigenvalue weighted by Crippen LogP contribution is -2.49. The summed E-state index contributed by atoms with van der Waals surface area (Å²) in [5.41, 5.74) is 0. The molecule has 1 saturated carbocycles. The van der Waals surface area contributed by atoms with E-state index < -0.39 is 0 Å². The van der Waals surface area contributed by atoms with Crippen molar-refractivity contribution in [1.29, 1.82) is 0 Å². The molecular formula is C21H37N3O2. The molecule has 0 spiro atoms. The highest BCUT2D eigenvalue weighted by Gasteiger charge is 2.34. The van der Waals surface area contributed by atoms with Crippen molar-refractivity contribution in [3.8, 4) is 0 Å². The minimum Gasteiger partial charge on any atom is -0.356 e. The van der Waals surface area contributed by atoms with Gasteiger partial charge in [-0.05, 0) is 64.6 Å². The summed E-state index contributed by atoms with van der Waals surface area (Å²) in [6.07, 6.45) is 13.6. The molecule has 26 heavy (non-hydrogen) atoms. The Bertz CT molecular complexity index is 454. The third-order valence-corrected chi connectivity index (χ3v) is 6.48. The Kier molecular flexibility index (Phi) is 7.78. The maximum atomic E-state index is 12.5. The first-order chi connectivity index (χ1) is 12.7. The Morgan fingerprint density at radius 1 is 0.962 bits per heavy atom. The topological polar surface area (TPSA) is 52.7 Å². The van der Waals surface area contributed by atoms with Crippen molar-refractivity contribution in [1.82, 2.24) is 15.1 Å². The summed E-state index contributed by atoms with van der Waals surface area (Å²) in [6, 6.07) is 0.395. The lowest BCUT2D eigenvalue weighted by atomic mass is 9.95. The SMILES string of the molecule is O=C(NCCCCN1CCCCCC1)[C@@H]1CCC(=O)N(C2CCCC2)C1. The first kappa shape index (κ1) is 19.7. The van der Waals surface area contributed by atoms with Crippen molar-refractivity contribution < 1.29 is 9.59 Å². The fourth-order valence-electron chi connectivity index (χ4n) is 4.83. The predicted molar refractivity (Wildman–Crippen MR) is 104 cm³/mol. The van der Waals surface area contributed by atoms with Crippen LogP contribution in [0, 0.1) is 5.92 Å². The lowest BCUT2D eigenvalue weighted by Gasteiger charge is -2.36.